The van der Waals surface area contributed by atoms with Crippen LogP contribution in [0.25, 0.3) is 0 Å². The van der Waals surface area contributed by atoms with Gasteiger partial charge in [-0.25, -0.2) is 4.98 Å². The number of piperidine rings is 1. The molecule has 21 heavy (non-hydrogen) atoms. The van der Waals surface area contributed by atoms with Crippen LogP contribution >= 0.6 is 15.9 Å². The lowest BCUT2D eigenvalue weighted by Crippen LogP contribution is -2.37. The third kappa shape index (κ3) is 3.76. The molecule has 0 atom stereocenters. The molecule has 0 saturated carbocycles. The van der Waals surface area contributed by atoms with E-state index in [-0.39, 0.29) is 0 Å². The number of likely N-dealkylation sites (tertiary alicyclic amines) is 1. The summed E-state index contributed by atoms with van der Waals surface area (Å²) in [5.74, 6) is 1.96. The highest BCUT2D eigenvalue weighted by molar-refractivity contribution is 9.10. The SMILES string of the molecule is O=C(CC1CCN(c2ccc(Br)cn2)CC1)N1CCCC1. The van der Waals surface area contributed by atoms with Crippen LogP contribution in [0.1, 0.15) is 32.1 Å². The summed E-state index contributed by atoms with van der Waals surface area (Å²) in [4.78, 5) is 21.0. The first-order valence-corrected chi connectivity index (χ1v) is 8.66. The minimum atomic E-state index is 0.368. The Labute approximate surface area is 134 Å². The van der Waals surface area contributed by atoms with Gasteiger partial charge in [0, 0.05) is 43.3 Å². The van der Waals surface area contributed by atoms with Crippen molar-refractivity contribution < 1.29 is 4.79 Å². The zero-order valence-corrected chi connectivity index (χ0v) is 13.9. The highest BCUT2D eigenvalue weighted by atomic mass is 79.9. The molecule has 2 saturated heterocycles. The van der Waals surface area contributed by atoms with E-state index < -0.39 is 0 Å². The lowest BCUT2D eigenvalue weighted by Gasteiger charge is -2.33. The van der Waals surface area contributed by atoms with E-state index >= 15 is 0 Å². The number of carbonyl (C=O) groups excluding carboxylic acids is 1. The third-order valence-corrected chi connectivity index (χ3v) is 5.04. The van der Waals surface area contributed by atoms with Crippen molar-refractivity contribution in [3.05, 3.63) is 22.8 Å². The topological polar surface area (TPSA) is 36.4 Å². The molecule has 0 aliphatic carbocycles. The molecule has 4 nitrogen and oxygen atoms in total. The molecule has 0 aromatic carbocycles. The van der Waals surface area contributed by atoms with Gasteiger partial charge >= 0.3 is 0 Å². The summed E-state index contributed by atoms with van der Waals surface area (Å²) in [5, 5.41) is 0. The van der Waals surface area contributed by atoms with E-state index in [2.05, 4.69) is 31.9 Å². The first kappa shape index (κ1) is 14.8. The molecule has 0 radical (unpaired) electrons. The fourth-order valence-corrected chi connectivity index (χ4v) is 3.50. The molecule has 1 aromatic heterocycles. The lowest BCUT2D eigenvalue weighted by molar-refractivity contribution is -0.131. The lowest BCUT2D eigenvalue weighted by atomic mass is 9.93. The van der Waals surface area contributed by atoms with Crippen LogP contribution in [-0.4, -0.2) is 42.0 Å². The van der Waals surface area contributed by atoms with E-state index in [1.165, 1.54) is 12.8 Å². The molecule has 3 rings (SSSR count). The van der Waals surface area contributed by atoms with E-state index in [4.69, 9.17) is 0 Å². The average Bonchev–Trinajstić information content (AvgIpc) is 3.03. The third-order valence-electron chi connectivity index (χ3n) is 4.57. The summed E-state index contributed by atoms with van der Waals surface area (Å²) in [6.45, 7) is 3.96. The highest BCUT2D eigenvalue weighted by Gasteiger charge is 2.25. The van der Waals surface area contributed by atoms with Crippen molar-refractivity contribution in [1.82, 2.24) is 9.88 Å². The van der Waals surface area contributed by atoms with Crippen molar-refractivity contribution in [2.75, 3.05) is 31.1 Å². The standard InChI is InChI=1S/C16H22BrN3O/c17-14-3-4-15(18-12-14)19-9-5-13(6-10-19)11-16(21)20-7-1-2-8-20/h3-4,12-13H,1-2,5-11H2. The van der Waals surface area contributed by atoms with Crippen molar-refractivity contribution in [2.45, 2.75) is 32.1 Å². The van der Waals surface area contributed by atoms with Crippen LogP contribution in [0, 0.1) is 5.92 Å². The number of halogens is 1. The van der Waals surface area contributed by atoms with Crippen LogP contribution in [0.2, 0.25) is 0 Å². The van der Waals surface area contributed by atoms with Crippen LogP contribution in [0.3, 0.4) is 0 Å². The molecule has 0 spiro atoms. The smallest absolute Gasteiger partial charge is 0.222 e. The number of anilines is 1. The van der Waals surface area contributed by atoms with Gasteiger partial charge in [-0.05, 0) is 59.7 Å². The molecule has 5 heteroatoms. The van der Waals surface area contributed by atoms with Crippen molar-refractivity contribution in [3.63, 3.8) is 0 Å². The Balaban J connectivity index is 1.48. The maximum Gasteiger partial charge on any atom is 0.222 e. The molecule has 0 N–H and O–H groups in total. The Morgan fingerprint density at radius 3 is 2.52 bits per heavy atom. The number of hydrogen-bond donors (Lipinski definition) is 0. The number of hydrogen-bond acceptors (Lipinski definition) is 3. The first-order valence-electron chi connectivity index (χ1n) is 7.86. The molecular weight excluding hydrogens is 330 g/mol. The zero-order valence-electron chi connectivity index (χ0n) is 12.3. The molecule has 0 bridgehead atoms. The van der Waals surface area contributed by atoms with E-state index in [0.29, 0.717) is 11.8 Å². The van der Waals surface area contributed by atoms with E-state index in [0.717, 1.165) is 55.7 Å². The van der Waals surface area contributed by atoms with Crippen LogP contribution < -0.4 is 4.90 Å². The van der Waals surface area contributed by atoms with Crippen molar-refractivity contribution in [3.8, 4) is 0 Å². The Kier molecular flexibility index (Phi) is 4.78. The van der Waals surface area contributed by atoms with Crippen LogP contribution in [-0.2, 0) is 4.79 Å². The molecule has 2 aliphatic rings. The minimum Gasteiger partial charge on any atom is -0.357 e. The maximum atomic E-state index is 12.2. The van der Waals surface area contributed by atoms with Crippen LogP contribution in [0.15, 0.2) is 22.8 Å². The fraction of sp³-hybridized carbons (Fsp3) is 0.625. The molecule has 2 fully saturated rings. The van der Waals surface area contributed by atoms with Gasteiger partial charge in [-0.15, -0.1) is 0 Å². The van der Waals surface area contributed by atoms with Gasteiger partial charge in [-0.1, -0.05) is 0 Å². The van der Waals surface area contributed by atoms with Crippen LogP contribution in [0.5, 0.6) is 0 Å². The van der Waals surface area contributed by atoms with E-state index in [9.17, 15) is 4.79 Å². The zero-order chi connectivity index (χ0) is 14.7. The first-order chi connectivity index (χ1) is 10.2. The second-order valence-corrected chi connectivity index (χ2v) is 6.97. The van der Waals surface area contributed by atoms with Gasteiger partial charge in [0.05, 0.1) is 0 Å². The Hall–Kier alpha value is -1.10. The van der Waals surface area contributed by atoms with Gasteiger partial charge in [-0.2, -0.15) is 0 Å². The maximum absolute atomic E-state index is 12.2. The van der Waals surface area contributed by atoms with Crippen molar-refractivity contribution in [2.24, 2.45) is 5.92 Å². The summed E-state index contributed by atoms with van der Waals surface area (Å²) in [5.41, 5.74) is 0. The predicted molar refractivity (Wildman–Crippen MR) is 87.3 cm³/mol. The molecule has 2 aliphatic heterocycles. The number of pyridine rings is 1. The van der Waals surface area contributed by atoms with E-state index in [1.807, 2.05) is 17.2 Å². The number of amides is 1. The fourth-order valence-electron chi connectivity index (χ4n) is 3.26. The Morgan fingerprint density at radius 1 is 1.19 bits per heavy atom. The minimum absolute atomic E-state index is 0.368. The number of carbonyl (C=O) groups is 1. The average molecular weight is 352 g/mol. The molecule has 0 unspecified atom stereocenters. The van der Waals surface area contributed by atoms with Crippen LogP contribution in [0.4, 0.5) is 5.82 Å². The quantitative estimate of drug-likeness (QED) is 0.839. The number of rotatable bonds is 3. The Morgan fingerprint density at radius 2 is 1.90 bits per heavy atom. The largest absolute Gasteiger partial charge is 0.357 e. The van der Waals surface area contributed by atoms with E-state index in [1.54, 1.807) is 0 Å². The summed E-state index contributed by atoms with van der Waals surface area (Å²) >= 11 is 3.42. The highest BCUT2D eigenvalue weighted by Crippen LogP contribution is 2.25. The van der Waals surface area contributed by atoms with Gasteiger partial charge in [0.2, 0.25) is 5.91 Å². The predicted octanol–water partition coefficient (Wildman–Crippen LogP) is 3.07. The van der Waals surface area contributed by atoms with Crippen molar-refractivity contribution >= 4 is 27.7 Å². The second-order valence-electron chi connectivity index (χ2n) is 6.06. The summed E-state index contributed by atoms with van der Waals surface area (Å²) in [7, 11) is 0. The van der Waals surface area contributed by atoms with Gasteiger partial charge < -0.3 is 9.80 Å². The summed E-state index contributed by atoms with van der Waals surface area (Å²) < 4.78 is 1.01. The Bertz CT molecular complexity index is 477. The summed E-state index contributed by atoms with van der Waals surface area (Å²) in [6.07, 6.45) is 7.13. The molecule has 1 amide bonds. The van der Waals surface area contributed by atoms with Crippen molar-refractivity contribution in [1.29, 1.82) is 0 Å². The van der Waals surface area contributed by atoms with Gasteiger partial charge in [0.1, 0.15) is 5.82 Å². The monoisotopic (exact) mass is 351 g/mol. The molecular formula is C16H22BrN3O. The number of aromatic nitrogens is 1. The second kappa shape index (κ2) is 6.77. The van der Waals surface area contributed by atoms with Gasteiger partial charge in [0.25, 0.3) is 0 Å². The van der Waals surface area contributed by atoms with Gasteiger partial charge in [-0.3, -0.25) is 4.79 Å². The summed E-state index contributed by atoms with van der Waals surface area (Å²) in [6, 6.07) is 4.09. The molecule has 114 valence electrons. The normalized spacial score (nSPS) is 20.0. The molecule has 1 aromatic rings. The van der Waals surface area contributed by atoms with Gasteiger partial charge in [0.15, 0.2) is 0 Å². The molecule has 3 heterocycles. The number of nitrogens with zero attached hydrogens (tertiary/aromatic N) is 3.